The summed E-state index contributed by atoms with van der Waals surface area (Å²) in [7, 11) is 0. The predicted molar refractivity (Wildman–Crippen MR) is 58.6 cm³/mol. The molecule has 0 aromatic heterocycles. The van der Waals surface area contributed by atoms with Gasteiger partial charge in [-0.2, -0.15) is 0 Å². The van der Waals surface area contributed by atoms with Crippen LogP contribution in [0.4, 0.5) is 4.79 Å². The summed E-state index contributed by atoms with van der Waals surface area (Å²) in [6.07, 6.45) is 9.14. The monoisotopic (exact) mass is 233 g/mol. The van der Waals surface area contributed by atoms with Gasteiger partial charge in [-0.05, 0) is 24.4 Å². The highest BCUT2D eigenvalue weighted by atomic mass is 16.5. The van der Waals surface area contributed by atoms with Crippen molar-refractivity contribution in [3.8, 4) is 0 Å². The zero-order valence-electron chi connectivity index (χ0n) is 8.84. The zero-order valence-corrected chi connectivity index (χ0v) is 8.84. The first-order valence-electron chi connectivity index (χ1n) is 5.33. The molecule has 0 spiro atoms. The van der Waals surface area contributed by atoms with E-state index in [1.165, 1.54) is 0 Å². The molecule has 88 valence electrons. The van der Waals surface area contributed by atoms with Gasteiger partial charge in [0.1, 0.15) is 11.9 Å². The van der Waals surface area contributed by atoms with Crippen LogP contribution in [0, 0.1) is 0 Å². The number of carbonyl (C=O) groups excluding carboxylic acids is 2. The number of hydrogen-bond donors (Lipinski definition) is 3. The molecule has 6 nitrogen and oxygen atoms in total. The van der Waals surface area contributed by atoms with Crippen LogP contribution in [0.25, 0.3) is 0 Å². The molecule has 3 rings (SSSR count). The summed E-state index contributed by atoms with van der Waals surface area (Å²) in [6, 6.07) is -1.21. The molecular formula is C11H11N3O3. The Morgan fingerprint density at radius 2 is 2.12 bits per heavy atom. The van der Waals surface area contributed by atoms with E-state index in [9.17, 15) is 9.59 Å². The zero-order chi connectivity index (χ0) is 11.8. The maximum absolute atomic E-state index is 11.5. The van der Waals surface area contributed by atoms with E-state index in [4.69, 9.17) is 4.74 Å². The number of nitrogens with one attached hydrogen (secondary N) is 3. The van der Waals surface area contributed by atoms with E-state index >= 15 is 0 Å². The molecule has 17 heavy (non-hydrogen) atoms. The number of fused-ring (bicyclic) bond motifs is 1. The second-order valence-corrected chi connectivity index (χ2v) is 3.98. The maximum atomic E-state index is 11.5. The van der Waals surface area contributed by atoms with Crippen LogP contribution < -0.4 is 16.0 Å². The van der Waals surface area contributed by atoms with Crippen LogP contribution in [0.5, 0.6) is 0 Å². The molecule has 6 heteroatoms. The van der Waals surface area contributed by atoms with Crippen molar-refractivity contribution in [3.05, 3.63) is 36.3 Å². The highest BCUT2D eigenvalue weighted by molar-refractivity contribution is 6.05. The van der Waals surface area contributed by atoms with Gasteiger partial charge in [-0.3, -0.25) is 10.1 Å². The number of amides is 3. The third-order valence-electron chi connectivity index (χ3n) is 2.83. The summed E-state index contributed by atoms with van der Waals surface area (Å²) >= 11 is 0. The van der Waals surface area contributed by atoms with Crippen molar-refractivity contribution in [2.75, 3.05) is 0 Å². The van der Waals surface area contributed by atoms with E-state index in [2.05, 4.69) is 16.0 Å². The number of rotatable bonds is 1. The smallest absolute Gasteiger partial charge is 0.322 e. The number of urea groups is 1. The highest BCUT2D eigenvalue weighted by Crippen LogP contribution is 2.23. The Bertz CT molecular complexity index is 467. The first kappa shape index (κ1) is 9.95. The van der Waals surface area contributed by atoms with Gasteiger partial charge in [-0.1, -0.05) is 6.08 Å². The Labute approximate surface area is 97.4 Å². The van der Waals surface area contributed by atoms with Crippen LogP contribution in [-0.4, -0.2) is 30.1 Å². The SMILES string of the molecule is O=C1NC(=O)C(C2=CC3NC=CC=CC3O2)N1. The molecule has 3 N–H and O–H groups in total. The van der Waals surface area contributed by atoms with Gasteiger partial charge in [0.05, 0.1) is 6.04 Å². The Kier molecular flexibility index (Phi) is 2.14. The average Bonchev–Trinajstić information content (AvgIpc) is 2.76. The number of hydrogen-bond acceptors (Lipinski definition) is 4. The molecular weight excluding hydrogens is 222 g/mol. The van der Waals surface area contributed by atoms with Crippen LogP contribution in [0.15, 0.2) is 36.3 Å². The molecule has 3 unspecified atom stereocenters. The van der Waals surface area contributed by atoms with Gasteiger partial charge in [0, 0.05) is 0 Å². The fourth-order valence-corrected chi connectivity index (χ4v) is 2.02. The van der Waals surface area contributed by atoms with E-state index in [0.717, 1.165) is 0 Å². The van der Waals surface area contributed by atoms with Gasteiger partial charge in [0.15, 0.2) is 6.04 Å². The summed E-state index contributed by atoms with van der Waals surface area (Å²) < 4.78 is 5.64. The average molecular weight is 233 g/mol. The lowest BCUT2D eigenvalue weighted by Crippen LogP contribution is -2.32. The number of ether oxygens (including phenoxy) is 1. The molecule has 0 aromatic rings. The van der Waals surface area contributed by atoms with Crippen molar-refractivity contribution in [2.24, 2.45) is 0 Å². The summed E-state index contributed by atoms with van der Waals surface area (Å²) in [6.45, 7) is 0. The molecule has 3 heterocycles. The van der Waals surface area contributed by atoms with Gasteiger partial charge in [-0.15, -0.1) is 0 Å². The first-order valence-corrected chi connectivity index (χ1v) is 5.33. The van der Waals surface area contributed by atoms with E-state index in [1.807, 2.05) is 30.5 Å². The van der Waals surface area contributed by atoms with Crippen LogP contribution in [0.2, 0.25) is 0 Å². The van der Waals surface area contributed by atoms with E-state index in [1.54, 1.807) is 0 Å². The second-order valence-electron chi connectivity index (χ2n) is 3.98. The minimum atomic E-state index is -0.714. The Morgan fingerprint density at radius 3 is 2.88 bits per heavy atom. The van der Waals surface area contributed by atoms with Crippen LogP contribution >= 0.6 is 0 Å². The fraction of sp³-hybridized carbons (Fsp3) is 0.273. The fourth-order valence-electron chi connectivity index (χ4n) is 2.02. The first-order chi connectivity index (χ1) is 8.24. The lowest BCUT2D eigenvalue weighted by atomic mass is 10.1. The van der Waals surface area contributed by atoms with Crippen LogP contribution in [-0.2, 0) is 9.53 Å². The van der Waals surface area contributed by atoms with Gasteiger partial charge in [-0.25, -0.2) is 4.79 Å². The highest BCUT2D eigenvalue weighted by Gasteiger charge is 2.39. The molecule has 0 saturated carbocycles. The van der Waals surface area contributed by atoms with Crippen molar-refractivity contribution in [2.45, 2.75) is 18.2 Å². The molecule has 1 fully saturated rings. The van der Waals surface area contributed by atoms with Crippen molar-refractivity contribution >= 4 is 11.9 Å². The molecule has 0 aliphatic carbocycles. The van der Waals surface area contributed by atoms with Crippen molar-refractivity contribution in [1.82, 2.24) is 16.0 Å². The third kappa shape index (κ3) is 1.67. The minimum absolute atomic E-state index is 0.00898. The quantitative estimate of drug-likeness (QED) is 0.534. The normalized spacial score (nSPS) is 34.1. The molecule has 3 aliphatic rings. The largest absolute Gasteiger partial charge is 0.486 e. The lowest BCUT2D eigenvalue weighted by molar-refractivity contribution is -0.120. The van der Waals surface area contributed by atoms with Gasteiger partial charge in [0.2, 0.25) is 0 Å². The lowest BCUT2D eigenvalue weighted by Gasteiger charge is -2.15. The number of carbonyl (C=O) groups is 2. The molecule has 3 amide bonds. The van der Waals surface area contributed by atoms with E-state index < -0.39 is 12.1 Å². The van der Waals surface area contributed by atoms with Gasteiger partial charge < -0.3 is 15.4 Å². The van der Waals surface area contributed by atoms with Crippen molar-refractivity contribution in [3.63, 3.8) is 0 Å². The van der Waals surface area contributed by atoms with Crippen molar-refractivity contribution < 1.29 is 14.3 Å². The molecule has 0 radical (unpaired) electrons. The Hall–Kier alpha value is -2.24. The van der Waals surface area contributed by atoms with E-state index in [-0.39, 0.29) is 18.1 Å². The Balaban J connectivity index is 1.80. The summed E-state index contributed by atoms with van der Waals surface area (Å²) in [5, 5.41) is 7.82. The van der Waals surface area contributed by atoms with Crippen molar-refractivity contribution in [1.29, 1.82) is 0 Å². The standard InChI is InChI=1S/C11H11N3O3/c15-10-9(13-11(16)14-10)8-5-6-7(17-8)3-1-2-4-12-6/h1-7,9,12H,(H2,13,14,15,16). The summed E-state index contributed by atoms with van der Waals surface area (Å²) in [4.78, 5) is 22.5. The second kappa shape index (κ2) is 3.65. The van der Waals surface area contributed by atoms with Crippen LogP contribution in [0.3, 0.4) is 0 Å². The molecule has 3 aliphatic heterocycles. The predicted octanol–water partition coefficient (Wildman–Crippen LogP) is -0.481. The topological polar surface area (TPSA) is 79.5 Å². The van der Waals surface area contributed by atoms with Gasteiger partial charge >= 0.3 is 6.03 Å². The molecule has 3 atom stereocenters. The molecule has 0 bridgehead atoms. The summed E-state index contributed by atoms with van der Waals surface area (Å²) in [5.41, 5.74) is 0. The number of imide groups is 1. The van der Waals surface area contributed by atoms with Gasteiger partial charge in [0.25, 0.3) is 5.91 Å². The maximum Gasteiger partial charge on any atom is 0.322 e. The van der Waals surface area contributed by atoms with Crippen LogP contribution in [0.1, 0.15) is 0 Å². The number of allylic oxidation sites excluding steroid dienone is 2. The van der Waals surface area contributed by atoms with E-state index in [0.29, 0.717) is 5.76 Å². The Morgan fingerprint density at radius 1 is 1.24 bits per heavy atom. The molecule has 1 saturated heterocycles. The molecule has 0 aromatic carbocycles. The summed E-state index contributed by atoms with van der Waals surface area (Å²) in [5.74, 6) is 0.105. The minimum Gasteiger partial charge on any atom is -0.486 e. The third-order valence-corrected chi connectivity index (χ3v) is 2.83.